The van der Waals surface area contributed by atoms with Gasteiger partial charge in [-0.25, -0.2) is 0 Å². The van der Waals surface area contributed by atoms with E-state index in [1.807, 2.05) is 0 Å². The van der Waals surface area contributed by atoms with Gasteiger partial charge < -0.3 is 4.90 Å². The van der Waals surface area contributed by atoms with Crippen LogP contribution in [0.5, 0.6) is 0 Å². The van der Waals surface area contributed by atoms with E-state index in [9.17, 15) is 4.79 Å². The molecule has 3 rings (SSSR count). The van der Waals surface area contributed by atoms with E-state index in [0.29, 0.717) is 15.8 Å². The Kier molecular flexibility index (Phi) is 5.30. The van der Waals surface area contributed by atoms with Gasteiger partial charge in [-0.2, -0.15) is 4.99 Å². The van der Waals surface area contributed by atoms with Crippen LogP contribution in [-0.2, 0) is 4.79 Å². The van der Waals surface area contributed by atoms with Crippen molar-refractivity contribution in [1.82, 2.24) is 20.0 Å². The van der Waals surface area contributed by atoms with Gasteiger partial charge in [-0.15, -0.1) is 10.2 Å². The summed E-state index contributed by atoms with van der Waals surface area (Å²) >= 11 is 7.12. The molecule has 0 aliphatic carbocycles. The van der Waals surface area contributed by atoms with Gasteiger partial charge in [-0.05, 0) is 42.9 Å². The first-order chi connectivity index (χ1) is 11.2. The van der Waals surface area contributed by atoms with Crippen molar-refractivity contribution in [2.75, 3.05) is 32.7 Å². The average molecular weight is 352 g/mol. The molecule has 0 atom stereocenters. The fourth-order valence-corrected chi connectivity index (χ4v) is 3.60. The zero-order valence-electron chi connectivity index (χ0n) is 12.9. The van der Waals surface area contributed by atoms with E-state index in [1.54, 1.807) is 18.2 Å². The normalized spacial score (nSPS) is 21.1. The number of hydrogen-bond acceptors (Lipinski definition) is 6. The molecule has 0 spiro atoms. The van der Waals surface area contributed by atoms with Gasteiger partial charge in [-0.3, -0.25) is 9.69 Å². The predicted molar refractivity (Wildman–Crippen MR) is 93.4 cm³/mol. The third kappa shape index (κ3) is 4.10. The van der Waals surface area contributed by atoms with E-state index >= 15 is 0 Å². The van der Waals surface area contributed by atoms with Crippen LogP contribution >= 0.6 is 23.4 Å². The number of amides is 1. The fourth-order valence-electron chi connectivity index (χ4n) is 2.55. The number of piperazine rings is 1. The van der Waals surface area contributed by atoms with Crippen LogP contribution in [0.2, 0.25) is 5.15 Å². The lowest BCUT2D eigenvalue weighted by atomic mass is 10.3. The zero-order chi connectivity index (χ0) is 16.2. The first-order valence-electron chi connectivity index (χ1n) is 7.65. The Morgan fingerprint density at radius 3 is 2.70 bits per heavy atom. The summed E-state index contributed by atoms with van der Waals surface area (Å²) in [7, 11) is 0. The second kappa shape index (κ2) is 7.42. The van der Waals surface area contributed by atoms with Crippen molar-refractivity contribution in [1.29, 1.82) is 0 Å². The Morgan fingerprint density at radius 1 is 1.26 bits per heavy atom. The molecule has 0 unspecified atom stereocenters. The van der Waals surface area contributed by atoms with E-state index in [-0.39, 0.29) is 5.91 Å². The monoisotopic (exact) mass is 351 g/mol. The lowest BCUT2D eigenvalue weighted by Gasteiger charge is -2.35. The molecule has 1 fully saturated rings. The molecule has 2 aliphatic rings. The van der Waals surface area contributed by atoms with E-state index in [1.165, 1.54) is 18.2 Å². The number of aromatic nitrogens is 2. The van der Waals surface area contributed by atoms with Gasteiger partial charge in [0.1, 0.15) is 0 Å². The Morgan fingerprint density at radius 2 is 2.04 bits per heavy atom. The summed E-state index contributed by atoms with van der Waals surface area (Å²) in [6.07, 6.45) is 2.88. The second-order valence-corrected chi connectivity index (χ2v) is 6.82. The van der Waals surface area contributed by atoms with Gasteiger partial charge in [0.15, 0.2) is 10.3 Å². The van der Waals surface area contributed by atoms with Crippen LogP contribution in [0, 0.1) is 0 Å². The molecule has 1 saturated heterocycles. The molecule has 1 aromatic rings. The molecule has 0 N–H and O–H groups in total. The van der Waals surface area contributed by atoms with Crippen molar-refractivity contribution >= 4 is 40.5 Å². The third-order valence-electron chi connectivity index (χ3n) is 3.72. The quantitative estimate of drug-likeness (QED) is 0.777. The van der Waals surface area contributed by atoms with Crippen molar-refractivity contribution < 1.29 is 4.79 Å². The summed E-state index contributed by atoms with van der Waals surface area (Å²) in [5.74, 6) is -0.210. The molecule has 23 heavy (non-hydrogen) atoms. The van der Waals surface area contributed by atoms with Crippen LogP contribution in [0.15, 0.2) is 22.0 Å². The number of thioether (sulfide) groups is 1. The minimum Gasteiger partial charge on any atom is -0.348 e. The van der Waals surface area contributed by atoms with Gasteiger partial charge in [0, 0.05) is 26.2 Å². The summed E-state index contributed by atoms with van der Waals surface area (Å²) in [5, 5.41) is 8.85. The van der Waals surface area contributed by atoms with Crippen LogP contribution in [0.4, 0.5) is 0 Å². The molecule has 0 aromatic carbocycles. The highest BCUT2D eigenvalue weighted by molar-refractivity contribution is 8.18. The summed E-state index contributed by atoms with van der Waals surface area (Å²) in [5.41, 5.74) is 0.606. The van der Waals surface area contributed by atoms with Crippen molar-refractivity contribution in [2.45, 2.75) is 13.3 Å². The molecule has 1 aromatic heterocycles. The number of halogens is 1. The van der Waals surface area contributed by atoms with Gasteiger partial charge in [0.25, 0.3) is 5.91 Å². The number of carbonyl (C=O) groups is 1. The molecular weight excluding hydrogens is 334 g/mol. The third-order valence-corrected chi connectivity index (χ3v) is 4.97. The summed E-state index contributed by atoms with van der Waals surface area (Å²) in [4.78, 5) is 21.5. The van der Waals surface area contributed by atoms with Crippen molar-refractivity contribution in [3.63, 3.8) is 0 Å². The first kappa shape index (κ1) is 16.4. The van der Waals surface area contributed by atoms with Crippen LogP contribution in [0.1, 0.15) is 19.0 Å². The van der Waals surface area contributed by atoms with Gasteiger partial charge >= 0.3 is 0 Å². The number of hydrogen-bond donors (Lipinski definition) is 0. The highest BCUT2D eigenvalue weighted by Crippen LogP contribution is 2.30. The lowest BCUT2D eigenvalue weighted by Crippen LogP contribution is -2.47. The van der Waals surface area contributed by atoms with Crippen molar-refractivity contribution in [3.05, 3.63) is 27.9 Å². The molecule has 2 aliphatic heterocycles. The number of aliphatic imine (C=N–C) groups is 1. The van der Waals surface area contributed by atoms with Crippen LogP contribution in [0.3, 0.4) is 0 Å². The Hall–Kier alpha value is -1.44. The summed E-state index contributed by atoms with van der Waals surface area (Å²) < 4.78 is 0. The van der Waals surface area contributed by atoms with E-state index in [0.717, 1.165) is 37.9 Å². The maximum absolute atomic E-state index is 12.1. The minimum atomic E-state index is -0.210. The highest BCUT2D eigenvalue weighted by Gasteiger charge is 2.28. The SMILES string of the molecule is CCCN1CCN(C2=NC(=O)/C(=C/c3ccc(Cl)nn3)S2)CC1. The van der Waals surface area contributed by atoms with Crippen molar-refractivity contribution in [3.8, 4) is 0 Å². The van der Waals surface area contributed by atoms with Crippen LogP contribution in [-0.4, -0.2) is 63.8 Å². The number of carbonyl (C=O) groups excluding carboxylic acids is 1. The number of nitrogens with zero attached hydrogens (tertiary/aromatic N) is 5. The number of amidine groups is 1. The van der Waals surface area contributed by atoms with E-state index in [4.69, 9.17) is 11.6 Å². The molecule has 6 nitrogen and oxygen atoms in total. The Balaban J connectivity index is 1.63. The summed E-state index contributed by atoms with van der Waals surface area (Å²) in [6, 6.07) is 3.39. The largest absolute Gasteiger partial charge is 0.348 e. The standard InChI is InChI=1S/C15H18ClN5OS/c1-2-5-20-6-8-21(9-7-20)15-17-14(22)12(23-15)10-11-3-4-13(16)19-18-11/h3-4,10H,2,5-9H2,1H3/b12-10-. The second-order valence-electron chi connectivity index (χ2n) is 5.42. The maximum Gasteiger partial charge on any atom is 0.286 e. The molecular formula is C15H18ClN5OS. The lowest BCUT2D eigenvalue weighted by molar-refractivity contribution is -0.113. The average Bonchev–Trinajstić information content (AvgIpc) is 2.92. The molecule has 0 radical (unpaired) electrons. The van der Waals surface area contributed by atoms with Gasteiger partial charge in [0.2, 0.25) is 0 Å². The topological polar surface area (TPSA) is 61.7 Å². The molecule has 1 amide bonds. The van der Waals surface area contributed by atoms with Crippen molar-refractivity contribution in [2.24, 2.45) is 4.99 Å². The van der Waals surface area contributed by atoms with Crippen LogP contribution < -0.4 is 0 Å². The van der Waals surface area contributed by atoms with Gasteiger partial charge in [-0.1, -0.05) is 18.5 Å². The molecule has 122 valence electrons. The first-order valence-corrected chi connectivity index (χ1v) is 8.84. The predicted octanol–water partition coefficient (Wildman–Crippen LogP) is 2.13. The van der Waals surface area contributed by atoms with E-state index in [2.05, 4.69) is 31.9 Å². The summed E-state index contributed by atoms with van der Waals surface area (Å²) in [6.45, 7) is 7.18. The minimum absolute atomic E-state index is 0.210. The molecule has 8 heteroatoms. The van der Waals surface area contributed by atoms with Crippen LogP contribution in [0.25, 0.3) is 6.08 Å². The fraction of sp³-hybridized carbons (Fsp3) is 0.467. The van der Waals surface area contributed by atoms with Gasteiger partial charge in [0.05, 0.1) is 10.6 Å². The molecule has 3 heterocycles. The number of rotatable bonds is 3. The molecule has 0 bridgehead atoms. The highest BCUT2D eigenvalue weighted by atomic mass is 35.5. The molecule has 0 saturated carbocycles. The smallest absolute Gasteiger partial charge is 0.286 e. The Labute approximate surface area is 144 Å². The van der Waals surface area contributed by atoms with E-state index < -0.39 is 0 Å². The maximum atomic E-state index is 12.1. The Bertz CT molecular complexity index is 638. The zero-order valence-corrected chi connectivity index (χ0v) is 14.5.